The molecule has 0 atom stereocenters. The van der Waals surface area contributed by atoms with Crippen molar-refractivity contribution in [2.24, 2.45) is 10.3 Å². The van der Waals surface area contributed by atoms with E-state index in [0.717, 1.165) is 37.4 Å². The maximum absolute atomic E-state index is 10.1. The molecule has 29 heavy (non-hydrogen) atoms. The first-order chi connectivity index (χ1) is 14.1. The standard InChI is InChI=1S/C21H23N7O/c1-27-10-12-28(13-11-27)26-25-16-8-6-15(7-9-16)18-14-19(24-21(22)23-18)17-4-2-3-5-20(17)29/h2-9,14,29H,10-13H2,1H3,(H2,22,23,24). The van der Waals surface area contributed by atoms with Crippen LogP contribution in [0.5, 0.6) is 5.75 Å². The van der Waals surface area contributed by atoms with E-state index >= 15 is 0 Å². The highest BCUT2D eigenvalue weighted by atomic mass is 16.3. The van der Waals surface area contributed by atoms with Gasteiger partial charge >= 0.3 is 0 Å². The summed E-state index contributed by atoms with van der Waals surface area (Å²) in [5.41, 5.74) is 9.43. The zero-order chi connectivity index (χ0) is 20.2. The Morgan fingerprint density at radius 2 is 1.62 bits per heavy atom. The molecule has 0 unspecified atom stereocenters. The van der Waals surface area contributed by atoms with Crippen molar-refractivity contribution < 1.29 is 5.11 Å². The van der Waals surface area contributed by atoms with E-state index in [1.54, 1.807) is 18.2 Å². The average Bonchev–Trinajstić information content (AvgIpc) is 2.73. The van der Waals surface area contributed by atoms with Crippen LogP contribution in [-0.2, 0) is 0 Å². The van der Waals surface area contributed by atoms with Gasteiger partial charge in [-0.2, -0.15) is 0 Å². The molecule has 4 rings (SSSR count). The van der Waals surface area contributed by atoms with E-state index in [1.165, 1.54) is 0 Å². The van der Waals surface area contributed by atoms with Crippen molar-refractivity contribution in [1.29, 1.82) is 0 Å². The van der Waals surface area contributed by atoms with Gasteiger partial charge in [0.2, 0.25) is 5.95 Å². The number of aromatic hydroxyl groups is 1. The molecule has 1 saturated heterocycles. The van der Waals surface area contributed by atoms with Gasteiger partial charge in [0.05, 0.1) is 30.2 Å². The van der Waals surface area contributed by atoms with Gasteiger partial charge in [0, 0.05) is 24.2 Å². The van der Waals surface area contributed by atoms with E-state index in [1.807, 2.05) is 41.4 Å². The molecule has 0 amide bonds. The van der Waals surface area contributed by atoms with Gasteiger partial charge in [-0.3, -0.25) is 5.01 Å². The minimum absolute atomic E-state index is 0.149. The quantitative estimate of drug-likeness (QED) is 0.663. The first-order valence-corrected chi connectivity index (χ1v) is 9.47. The van der Waals surface area contributed by atoms with Gasteiger partial charge in [-0.05, 0) is 37.4 Å². The number of nitrogens with two attached hydrogens (primary N) is 1. The average molecular weight is 389 g/mol. The molecule has 0 saturated carbocycles. The van der Waals surface area contributed by atoms with Gasteiger partial charge in [-0.15, -0.1) is 5.11 Å². The number of piperazine rings is 1. The van der Waals surface area contributed by atoms with E-state index in [9.17, 15) is 5.11 Å². The second-order valence-electron chi connectivity index (χ2n) is 7.01. The molecule has 3 aromatic rings. The van der Waals surface area contributed by atoms with Gasteiger partial charge in [-0.25, -0.2) is 9.97 Å². The van der Waals surface area contributed by atoms with Gasteiger partial charge in [-0.1, -0.05) is 29.5 Å². The zero-order valence-corrected chi connectivity index (χ0v) is 16.2. The van der Waals surface area contributed by atoms with Crippen LogP contribution in [0.1, 0.15) is 0 Å². The van der Waals surface area contributed by atoms with Crippen molar-refractivity contribution in [2.45, 2.75) is 0 Å². The summed E-state index contributed by atoms with van der Waals surface area (Å²) >= 11 is 0. The highest BCUT2D eigenvalue weighted by Gasteiger charge is 2.12. The molecular formula is C21H23N7O. The summed E-state index contributed by atoms with van der Waals surface area (Å²) in [6.07, 6.45) is 0. The van der Waals surface area contributed by atoms with E-state index in [0.29, 0.717) is 17.0 Å². The van der Waals surface area contributed by atoms with Crippen LogP contribution < -0.4 is 5.73 Å². The first kappa shape index (κ1) is 18.8. The summed E-state index contributed by atoms with van der Waals surface area (Å²) < 4.78 is 0. The molecule has 1 aliphatic heterocycles. The van der Waals surface area contributed by atoms with Crippen molar-refractivity contribution in [3.05, 3.63) is 54.6 Å². The summed E-state index contributed by atoms with van der Waals surface area (Å²) in [5.74, 6) is 0.302. The lowest BCUT2D eigenvalue weighted by molar-refractivity contribution is 0.150. The molecule has 0 spiro atoms. The second kappa shape index (κ2) is 8.24. The Morgan fingerprint density at radius 1 is 0.931 bits per heavy atom. The summed E-state index contributed by atoms with van der Waals surface area (Å²) in [6.45, 7) is 3.75. The SMILES string of the molecule is CN1CCN(N=Nc2ccc(-c3cc(-c4ccccc4O)nc(N)n3)cc2)CC1. The Morgan fingerprint density at radius 3 is 2.34 bits per heavy atom. The fourth-order valence-corrected chi connectivity index (χ4v) is 3.14. The van der Waals surface area contributed by atoms with Gasteiger partial charge < -0.3 is 15.7 Å². The third-order valence-corrected chi connectivity index (χ3v) is 4.85. The lowest BCUT2D eigenvalue weighted by Gasteiger charge is -2.29. The number of aromatic nitrogens is 2. The third-order valence-electron chi connectivity index (χ3n) is 4.85. The first-order valence-electron chi connectivity index (χ1n) is 9.47. The molecule has 0 radical (unpaired) electrons. The highest BCUT2D eigenvalue weighted by Crippen LogP contribution is 2.30. The number of phenols is 1. The normalized spacial score (nSPS) is 15.1. The summed E-state index contributed by atoms with van der Waals surface area (Å²) in [7, 11) is 2.11. The lowest BCUT2D eigenvalue weighted by atomic mass is 10.1. The van der Waals surface area contributed by atoms with Crippen molar-refractivity contribution in [1.82, 2.24) is 19.9 Å². The Balaban J connectivity index is 1.54. The smallest absolute Gasteiger partial charge is 0.221 e. The summed E-state index contributed by atoms with van der Waals surface area (Å²) in [4.78, 5) is 10.9. The number of hydrogen-bond donors (Lipinski definition) is 2. The van der Waals surface area contributed by atoms with Crippen LogP contribution in [0.4, 0.5) is 11.6 Å². The Kier molecular flexibility index (Phi) is 5.35. The van der Waals surface area contributed by atoms with Crippen LogP contribution in [0.25, 0.3) is 22.5 Å². The molecule has 8 nitrogen and oxygen atoms in total. The maximum Gasteiger partial charge on any atom is 0.221 e. The largest absolute Gasteiger partial charge is 0.507 e. The number of nitrogen functional groups attached to an aromatic ring is 1. The topological polar surface area (TPSA) is 103 Å². The minimum Gasteiger partial charge on any atom is -0.507 e. The summed E-state index contributed by atoms with van der Waals surface area (Å²) in [6, 6.07) is 16.5. The minimum atomic E-state index is 0.149. The molecule has 2 heterocycles. The molecule has 3 N–H and O–H groups in total. The van der Waals surface area contributed by atoms with Crippen molar-refractivity contribution in [2.75, 3.05) is 39.0 Å². The van der Waals surface area contributed by atoms with Crippen LogP contribution >= 0.6 is 0 Å². The molecular weight excluding hydrogens is 366 g/mol. The highest BCUT2D eigenvalue weighted by molar-refractivity contribution is 5.73. The Labute approximate surface area is 169 Å². The molecule has 1 aromatic heterocycles. The van der Waals surface area contributed by atoms with Gasteiger partial charge in [0.25, 0.3) is 0 Å². The second-order valence-corrected chi connectivity index (χ2v) is 7.01. The number of para-hydroxylation sites is 1. The van der Waals surface area contributed by atoms with Crippen LogP contribution in [-0.4, -0.2) is 58.2 Å². The molecule has 2 aromatic carbocycles. The molecule has 1 fully saturated rings. The Hall–Kier alpha value is -3.52. The number of nitrogens with zero attached hydrogens (tertiary/aromatic N) is 6. The number of anilines is 1. The third kappa shape index (κ3) is 4.49. The van der Waals surface area contributed by atoms with Crippen molar-refractivity contribution in [3.63, 3.8) is 0 Å². The van der Waals surface area contributed by atoms with E-state index in [4.69, 9.17) is 5.73 Å². The molecule has 1 aliphatic rings. The van der Waals surface area contributed by atoms with Crippen LogP contribution in [0.2, 0.25) is 0 Å². The molecule has 0 bridgehead atoms. The molecule has 148 valence electrons. The fraction of sp³-hybridized carbons (Fsp3) is 0.238. The van der Waals surface area contributed by atoms with Crippen LogP contribution in [0.15, 0.2) is 64.9 Å². The van der Waals surface area contributed by atoms with E-state index in [2.05, 4.69) is 32.3 Å². The number of rotatable bonds is 4. The van der Waals surface area contributed by atoms with Crippen LogP contribution in [0.3, 0.4) is 0 Å². The number of phenolic OH excluding ortho intramolecular Hbond substituents is 1. The van der Waals surface area contributed by atoms with Crippen molar-refractivity contribution in [3.8, 4) is 28.3 Å². The molecule has 0 aliphatic carbocycles. The number of likely N-dealkylation sites (N-methyl/N-ethyl adjacent to an activating group) is 1. The summed E-state index contributed by atoms with van der Waals surface area (Å²) in [5, 5.41) is 20.7. The number of hydrogen-bond acceptors (Lipinski definition) is 7. The number of benzene rings is 2. The lowest BCUT2D eigenvalue weighted by Crippen LogP contribution is -2.41. The predicted octanol–water partition coefficient (Wildman–Crippen LogP) is 3.34. The monoisotopic (exact) mass is 389 g/mol. The van der Waals surface area contributed by atoms with E-state index in [-0.39, 0.29) is 11.7 Å². The zero-order valence-electron chi connectivity index (χ0n) is 16.2. The predicted molar refractivity (Wildman–Crippen MR) is 113 cm³/mol. The Bertz CT molecular complexity index is 1010. The van der Waals surface area contributed by atoms with Gasteiger partial charge in [0.15, 0.2) is 0 Å². The fourth-order valence-electron chi connectivity index (χ4n) is 3.14. The van der Waals surface area contributed by atoms with E-state index < -0.39 is 0 Å². The van der Waals surface area contributed by atoms with Crippen molar-refractivity contribution >= 4 is 11.6 Å². The maximum atomic E-state index is 10.1. The van der Waals surface area contributed by atoms with Gasteiger partial charge in [0.1, 0.15) is 5.75 Å². The van der Waals surface area contributed by atoms with Crippen LogP contribution in [0, 0.1) is 0 Å². The molecule has 8 heteroatoms.